The molecule has 0 atom stereocenters. The van der Waals surface area contributed by atoms with Crippen molar-refractivity contribution in [1.29, 1.82) is 0 Å². The number of anilines is 1. The highest BCUT2D eigenvalue weighted by molar-refractivity contribution is 7.92. The second-order valence-corrected chi connectivity index (χ2v) is 5.92. The summed E-state index contributed by atoms with van der Waals surface area (Å²) in [4.78, 5) is 11.4. The van der Waals surface area contributed by atoms with Gasteiger partial charge in [-0.05, 0) is 38.1 Å². The molecule has 0 aliphatic carbocycles. The second kappa shape index (κ2) is 5.86. The third-order valence-corrected chi connectivity index (χ3v) is 4.30. The van der Waals surface area contributed by atoms with Gasteiger partial charge in [0.2, 0.25) is 10.0 Å². The molecule has 0 unspecified atom stereocenters. The van der Waals surface area contributed by atoms with Gasteiger partial charge in [-0.3, -0.25) is 4.31 Å². The molecule has 0 aliphatic rings. The molecule has 1 rings (SSSR count). The Morgan fingerprint density at radius 2 is 1.78 bits per heavy atom. The summed E-state index contributed by atoms with van der Waals surface area (Å²) in [5.41, 5.74) is 0.924. The Labute approximate surface area is 107 Å². The number of esters is 1. The molecule has 6 heteroatoms. The molecule has 0 aromatic heterocycles. The molecular formula is C12H17NO4S. The molecule has 0 bridgehead atoms. The molecule has 5 nitrogen and oxygen atoms in total. The lowest BCUT2D eigenvalue weighted by atomic mass is 10.2. The predicted octanol–water partition coefficient (Wildman–Crippen LogP) is 1.65. The minimum absolute atomic E-state index is 0.0309. The van der Waals surface area contributed by atoms with Crippen LogP contribution in [0, 0.1) is 0 Å². The molecule has 0 spiro atoms. The van der Waals surface area contributed by atoms with Crippen LogP contribution in [0.5, 0.6) is 0 Å². The average Bonchev–Trinajstić information content (AvgIpc) is 2.38. The van der Waals surface area contributed by atoms with Crippen molar-refractivity contribution in [1.82, 2.24) is 0 Å². The van der Waals surface area contributed by atoms with E-state index in [4.69, 9.17) is 4.74 Å². The molecule has 0 aliphatic heterocycles. The summed E-state index contributed by atoms with van der Waals surface area (Å²) in [5, 5.41) is 0. The Balaban J connectivity index is 2.93. The second-order valence-electron chi connectivity index (χ2n) is 3.64. The van der Waals surface area contributed by atoms with E-state index in [0.29, 0.717) is 17.9 Å². The quantitative estimate of drug-likeness (QED) is 0.764. The molecular weight excluding hydrogens is 254 g/mol. The van der Waals surface area contributed by atoms with Gasteiger partial charge in [0.25, 0.3) is 0 Å². The normalized spacial score (nSPS) is 11.1. The van der Waals surface area contributed by atoms with Gasteiger partial charge in [0.15, 0.2) is 0 Å². The summed E-state index contributed by atoms with van der Waals surface area (Å²) in [6, 6.07) is 6.27. The van der Waals surface area contributed by atoms with Gasteiger partial charge in [0, 0.05) is 7.05 Å². The fourth-order valence-corrected chi connectivity index (χ4v) is 2.21. The van der Waals surface area contributed by atoms with Crippen LogP contribution in [-0.2, 0) is 14.8 Å². The summed E-state index contributed by atoms with van der Waals surface area (Å²) in [6.07, 6.45) is 0. The number of hydrogen-bond donors (Lipinski definition) is 0. The van der Waals surface area contributed by atoms with Crippen molar-refractivity contribution in [2.75, 3.05) is 23.7 Å². The van der Waals surface area contributed by atoms with Crippen LogP contribution in [0.15, 0.2) is 24.3 Å². The molecule has 1 aromatic carbocycles. The lowest BCUT2D eigenvalue weighted by Crippen LogP contribution is -2.27. The van der Waals surface area contributed by atoms with Crippen molar-refractivity contribution in [3.05, 3.63) is 29.8 Å². The van der Waals surface area contributed by atoms with Crippen LogP contribution in [0.2, 0.25) is 0 Å². The van der Waals surface area contributed by atoms with Crippen LogP contribution in [0.1, 0.15) is 24.2 Å². The lowest BCUT2D eigenvalue weighted by molar-refractivity contribution is 0.0526. The van der Waals surface area contributed by atoms with E-state index in [1.165, 1.54) is 11.4 Å². The first-order chi connectivity index (χ1) is 8.42. The summed E-state index contributed by atoms with van der Waals surface area (Å²) < 4.78 is 29.4. The van der Waals surface area contributed by atoms with Crippen molar-refractivity contribution in [2.45, 2.75) is 13.8 Å². The van der Waals surface area contributed by atoms with Crippen LogP contribution < -0.4 is 4.31 Å². The van der Waals surface area contributed by atoms with E-state index in [0.717, 1.165) is 0 Å². The molecule has 0 radical (unpaired) electrons. The molecule has 0 saturated carbocycles. The fraction of sp³-hybridized carbons (Fsp3) is 0.417. The predicted molar refractivity (Wildman–Crippen MR) is 70.3 cm³/mol. The Bertz CT molecular complexity index is 507. The highest BCUT2D eigenvalue weighted by Crippen LogP contribution is 2.17. The highest BCUT2D eigenvalue weighted by atomic mass is 32.2. The van der Waals surface area contributed by atoms with E-state index in [2.05, 4.69) is 0 Å². The van der Waals surface area contributed by atoms with Crippen molar-refractivity contribution >= 4 is 21.7 Å². The largest absolute Gasteiger partial charge is 0.462 e. The summed E-state index contributed by atoms with van der Waals surface area (Å²) in [7, 11) is -1.79. The maximum Gasteiger partial charge on any atom is 0.338 e. The van der Waals surface area contributed by atoms with Crippen molar-refractivity contribution in [3.8, 4) is 0 Å². The zero-order valence-corrected chi connectivity index (χ0v) is 11.5. The smallest absolute Gasteiger partial charge is 0.338 e. The standard InChI is InChI=1S/C12H17NO4S/c1-4-17-12(14)10-6-8-11(9-7-10)13(3)18(15,16)5-2/h6-9H,4-5H2,1-3H3. The van der Waals surface area contributed by atoms with Crippen LogP contribution in [0.3, 0.4) is 0 Å². The summed E-state index contributed by atoms with van der Waals surface area (Å²) in [6.45, 7) is 3.62. The number of sulfonamides is 1. The molecule has 0 heterocycles. The van der Waals surface area contributed by atoms with E-state index in [1.54, 1.807) is 38.1 Å². The van der Waals surface area contributed by atoms with Crippen LogP contribution >= 0.6 is 0 Å². The van der Waals surface area contributed by atoms with Crippen molar-refractivity contribution in [2.24, 2.45) is 0 Å². The monoisotopic (exact) mass is 271 g/mol. The Morgan fingerprint density at radius 3 is 2.22 bits per heavy atom. The molecule has 0 saturated heterocycles. The van der Waals surface area contributed by atoms with E-state index in [9.17, 15) is 13.2 Å². The zero-order chi connectivity index (χ0) is 13.8. The summed E-state index contributed by atoms with van der Waals surface area (Å²) in [5.74, 6) is -0.381. The number of rotatable bonds is 5. The van der Waals surface area contributed by atoms with Crippen LogP contribution in [-0.4, -0.2) is 33.8 Å². The van der Waals surface area contributed by atoms with Gasteiger partial charge in [-0.2, -0.15) is 0 Å². The van der Waals surface area contributed by atoms with E-state index in [-0.39, 0.29) is 5.75 Å². The van der Waals surface area contributed by atoms with E-state index >= 15 is 0 Å². The average molecular weight is 271 g/mol. The number of carbonyl (C=O) groups is 1. The van der Waals surface area contributed by atoms with Gasteiger partial charge in [0.05, 0.1) is 23.6 Å². The fourth-order valence-electron chi connectivity index (χ4n) is 1.38. The number of ether oxygens (including phenoxy) is 1. The van der Waals surface area contributed by atoms with Crippen LogP contribution in [0.4, 0.5) is 5.69 Å². The zero-order valence-electron chi connectivity index (χ0n) is 10.7. The topological polar surface area (TPSA) is 63.7 Å². The number of benzene rings is 1. The number of hydrogen-bond acceptors (Lipinski definition) is 4. The highest BCUT2D eigenvalue weighted by Gasteiger charge is 2.16. The van der Waals surface area contributed by atoms with Gasteiger partial charge in [-0.15, -0.1) is 0 Å². The third kappa shape index (κ3) is 3.22. The molecule has 100 valence electrons. The SMILES string of the molecule is CCOC(=O)c1ccc(N(C)S(=O)(=O)CC)cc1. The summed E-state index contributed by atoms with van der Waals surface area (Å²) >= 11 is 0. The first-order valence-electron chi connectivity index (χ1n) is 5.66. The molecule has 0 fully saturated rings. The Morgan fingerprint density at radius 1 is 1.22 bits per heavy atom. The Hall–Kier alpha value is -1.56. The van der Waals surface area contributed by atoms with Gasteiger partial charge in [-0.25, -0.2) is 13.2 Å². The molecule has 1 aromatic rings. The van der Waals surface area contributed by atoms with E-state index < -0.39 is 16.0 Å². The Kier molecular flexibility index (Phi) is 4.72. The third-order valence-electron chi connectivity index (χ3n) is 2.52. The molecule has 0 amide bonds. The van der Waals surface area contributed by atoms with Gasteiger partial charge < -0.3 is 4.74 Å². The minimum Gasteiger partial charge on any atom is -0.462 e. The minimum atomic E-state index is -3.28. The number of carbonyl (C=O) groups excluding carboxylic acids is 1. The van der Waals surface area contributed by atoms with Gasteiger partial charge in [-0.1, -0.05) is 0 Å². The molecule has 0 N–H and O–H groups in total. The lowest BCUT2D eigenvalue weighted by Gasteiger charge is -2.18. The van der Waals surface area contributed by atoms with Crippen molar-refractivity contribution < 1.29 is 17.9 Å². The first kappa shape index (κ1) is 14.5. The van der Waals surface area contributed by atoms with Crippen LogP contribution in [0.25, 0.3) is 0 Å². The number of nitrogens with zero attached hydrogens (tertiary/aromatic N) is 1. The maximum atomic E-state index is 11.7. The van der Waals surface area contributed by atoms with E-state index in [1.807, 2.05) is 0 Å². The van der Waals surface area contributed by atoms with Crippen molar-refractivity contribution in [3.63, 3.8) is 0 Å². The van der Waals surface area contributed by atoms with Gasteiger partial charge >= 0.3 is 5.97 Å². The van der Waals surface area contributed by atoms with Gasteiger partial charge in [0.1, 0.15) is 0 Å². The molecule has 18 heavy (non-hydrogen) atoms. The first-order valence-corrected chi connectivity index (χ1v) is 7.27. The maximum absolute atomic E-state index is 11.7.